The number of carbonyl (C=O) groups excluding carboxylic acids is 1. The van der Waals surface area contributed by atoms with E-state index in [1.165, 1.54) is 7.11 Å². The number of anilines is 2. The Kier molecular flexibility index (Phi) is 4.95. The number of ether oxygens (including phenoxy) is 1. The Morgan fingerprint density at radius 3 is 2.60 bits per heavy atom. The van der Waals surface area contributed by atoms with Crippen molar-refractivity contribution in [1.82, 2.24) is 0 Å². The summed E-state index contributed by atoms with van der Waals surface area (Å²) in [5.74, 6) is -0.236. The third kappa shape index (κ3) is 4.28. The van der Waals surface area contributed by atoms with Crippen molar-refractivity contribution in [3.8, 4) is 0 Å². The van der Waals surface area contributed by atoms with Crippen molar-refractivity contribution < 1.29 is 9.53 Å². The van der Waals surface area contributed by atoms with Crippen molar-refractivity contribution >= 4 is 23.4 Å². The Labute approximate surface area is 118 Å². The van der Waals surface area contributed by atoms with Crippen LogP contribution in [0.4, 0.5) is 11.4 Å². The highest BCUT2D eigenvalue weighted by Crippen LogP contribution is 2.18. The van der Waals surface area contributed by atoms with Gasteiger partial charge in [0.2, 0.25) is 0 Å². The molecule has 0 saturated carbocycles. The summed E-state index contributed by atoms with van der Waals surface area (Å²) in [7, 11) is 1.39. The summed E-state index contributed by atoms with van der Waals surface area (Å²) in [5, 5.41) is 3.33. The monoisotopic (exact) mass is 267 g/mol. The number of methoxy groups -OCH3 is 1. The number of carbonyl (C=O) groups is 1. The fourth-order valence-corrected chi connectivity index (χ4v) is 1.78. The lowest BCUT2D eigenvalue weighted by Crippen LogP contribution is -1.96. The van der Waals surface area contributed by atoms with E-state index in [0.717, 1.165) is 16.9 Å². The van der Waals surface area contributed by atoms with Gasteiger partial charge in [-0.25, -0.2) is 0 Å². The van der Waals surface area contributed by atoms with Crippen LogP contribution in [0.5, 0.6) is 0 Å². The van der Waals surface area contributed by atoms with Gasteiger partial charge >= 0.3 is 5.97 Å². The number of hydrogen-bond donors (Lipinski definition) is 1. The van der Waals surface area contributed by atoms with Gasteiger partial charge in [0.25, 0.3) is 0 Å². The van der Waals surface area contributed by atoms with Gasteiger partial charge in [0.15, 0.2) is 0 Å². The van der Waals surface area contributed by atoms with Gasteiger partial charge in [0.1, 0.15) is 0 Å². The van der Waals surface area contributed by atoms with E-state index in [2.05, 4.69) is 10.1 Å². The molecule has 0 saturated heterocycles. The largest absolute Gasteiger partial charge is 0.469 e. The molecule has 0 bridgehead atoms. The van der Waals surface area contributed by atoms with Crippen molar-refractivity contribution in [2.24, 2.45) is 0 Å². The minimum Gasteiger partial charge on any atom is -0.469 e. The molecular weight excluding hydrogens is 250 g/mol. The first kappa shape index (κ1) is 13.9. The Hall–Kier alpha value is -2.55. The van der Waals surface area contributed by atoms with Crippen LogP contribution in [0.25, 0.3) is 6.08 Å². The molecule has 2 aromatic carbocycles. The van der Waals surface area contributed by atoms with Gasteiger partial charge < -0.3 is 10.1 Å². The molecule has 0 radical (unpaired) electrons. The van der Waals surface area contributed by atoms with Crippen LogP contribution < -0.4 is 5.32 Å². The molecule has 0 aliphatic rings. The zero-order valence-corrected chi connectivity index (χ0v) is 11.4. The van der Waals surface area contributed by atoms with E-state index < -0.39 is 0 Å². The molecule has 0 unspecified atom stereocenters. The number of rotatable bonds is 5. The lowest BCUT2D eigenvalue weighted by molar-refractivity contribution is -0.139. The lowest BCUT2D eigenvalue weighted by atomic mass is 10.1. The summed E-state index contributed by atoms with van der Waals surface area (Å²) in [6.45, 7) is 0. The van der Waals surface area contributed by atoms with Crippen LogP contribution in [0.1, 0.15) is 12.0 Å². The average Bonchev–Trinajstić information content (AvgIpc) is 2.48. The molecule has 0 spiro atoms. The maximum absolute atomic E-state index is 11.0. The molecule has 2 aromatic rings. The molecule has 20 heavy (non-hydrogen) atoms. The van der Waals surface area contributed by atoms with Crippen molar-refractivity contribution in [3.05, 3.63) is 66.2 Å². The normalized spacial score (nSPS) is 10.4. The van der Waals surface area contributed by atoms with Crippen LogP contribution in [-0.2, 0) is 9.53 Å². The summed E-state index contributed by atoms with van der Waals surface area (Å²) in [6, 6.07) is 18.0. The van der Waals surface area contributed by atoms with Crippen LogP contribution in [0.3, 0.4) is 0 Å². The maximum Gasteiger partial charge on any atom is 0.309 e. The van der Waals surface area contributed by atoms with E-state index in [9.17, 15) is 4.79 Å². The standard InChI is InChI=1S/C17H17NO2/c1-20-17(19)12-6-8-14-7-5-11-16(13-14)18-15-9-3-2-4-10-15/h2-11,13,18H,12H2,1H3. The van der Waals surface area contributed by atoms with Gasteiger partial charge in [-0.15, -0.1) is 0 Å². The van der Waals surface area contributed by atoms with Gasteiger partial charge in [-0.1, -0.05) is 42.5 Å². The topological polar surface area (TPSA) is 38.3 Å². The second-order valence-corrected chi connectivity index (χ2v) is 4.30. The first-order valence-corrected chi connectivity index (χ1v) is 6.43. The minimum absolute atomic E-state index is 0.236. The van der Waals surface area contributed by atoms with E-state index in [4.69, 9.17) is 0 Å². The second kappa shape index (κ2) is 7.14. The Morgan fingerprint density at radius 1 is 1.10 bits per heavy atom. The van der Waals surface area contributed by atoms with Gasteiger partial charge in [-0.05, 0) is 29.8 Å². The molecule has 0 heterocycles. The third-order valence-corrected chi connectivity index (χ3v) is 2.77. The van der Waals surface area contributed by atoms with Crippen LogP contribution in [-0.4, -0.2) is 13.1 Å². The quantitative estimate of drug-likeness (QED) is 0.832. The molecule has 0 aliphatic carbocycles. The van der Waals surface area contributed by atoms with Crippen molar-refractivity contribution in [3.63, 3.8) is 0 Å². The first-order chi connectivity index (χ1) is 9.78. The van der Waals surface area contributed by atoms with Crippen LogP contribution >= 0.6 is 0 Å². The molecule has 0 fully saturated rings. The second-order valence-electron chi connectivity index (χ2n) is 4.30. The van der Waals surface area contributed by atoms with Gasteiger partial charge in [-0.3, -0.25) is 4.79 Å². The molecule has 0 aromatic heterocycles. The van der Waals surface area contributed by atoms with E-state index in [1.807, 2.05) is 60.7 Å². The van der Waals surface area contributed by atoms with E-state index in [0.29, 0.717) is 0 Å². The average molecular weight is 267 g/mol. The van der Waals surface area contributed by atoms with Gasteiger partial charge in [0.05, 0.1) is 13.5 Å². The molecule has 2 rings (SSSR count). The molecule has 3 nitrogen and oxygen atoms in total. The van der Waals surface area contributed by atoms with E-state index >= 15 is 0 Å². The lowest BCUT2D eigenvalue weighted by Gasteiger charge is -2.06. The molecule has 0 amide bonds. The third-order valence-electron chi connectivity index (χ3n) is 2.77. The summed E-state index contributed by atoms with van der Waals surface area (Å²) >= 11 is 0. The van der Waals surface area contributed by atoms with Gasteiger partial charge in [0, 0.05) is 11.4 Å². The summed E-state index contributed by atoms with van der Waals surface area (Å²) in [6.07, 6.45) is 3.99. The van der Waals surface area contributed by atoms with E-state index in [1.54, 1.807) is 6.08 Å². The molecule has 0 atom stereocenters. The number of nitrogens with one attached hydrogen (secondary N) is 1. The maximum atomic E-state index is 11.0. The van der Waals surface area contributed by atoms with Crippen LogP contribution in [0, 0.1) is 0 Å². The number of esters is 1. The minimum atomic E-state index is -0.236. The molecule has 3 heteroatoms. The molecule has 102 valence electrons. The van der Waals surface area contributed by atoms with Crippen molar-refractivity contribution in [2.45, 2.75) is 6.42 Å². The highest BCUT2D eigenvalue weighted by molar-refractivity contribution is 5.73. The number of para-hydroxylation sites is 1. The number of benzene rings is 2. The zero-order valence-electron chi connectivity index (χ0n) is 11.4. The SMILES string of the molecule is COC(=O)CC=Cc1cccc(Nc2ccccc2)c1. The Bertz CT molecular complexity index is 591. The Morgan fingerprint density at radius 2 is 1.85 bits per heavy atom. The van der Waals surface area contributed by atoms with E-state index in [-0.39, 0.29) is 12.4 Å². The smallest absolute Gasteiger partial charge is 0.309 e. The predicted octanol–water partition coefficient (Wildman–Crippen LogP) is 4.01. The summed E-state index contributed by atoms with van der Waals surface area (Å²) in [4.78, 5) is 11.0. The highest BCUT2D eigenvalue weighted by Gasteiger charge is 1.96. The molecular formula is C17H17NO2. The molecule has 1 N–H and O–H groups in total. The number of hydrogen-bond acceptors (Lipinski definition) is 3. The van der Waals surface area contributed by atoms with Crippen molar-refractivity contribution in [1.29, 1.82) is 0 Å². The summed E-state index contributed by atoms with van der Waals surface area (Å²) < 4.78 is 4.59. The zero-order chi connectivity index (χ0) is 14.2. The van der Waals surface area contributed by atoms with Crippen molar-refractivity contribution in [2.75, 3.05) is 12.4 Å². The van der Waals surface area contributed by atoms with Crippen LogP contribution in [0.15, 0.2) is 60.7 Å². The predicted molar refractivity (Wildman–Crippen MR) is 81.8 cm³/mol. The highest BCUT2D eigenvalue weighted by atomic mass is 16.5. The first-order valence-electron chi connectivity index (χ1n) is 6.43. The fourth-order valence-electron chi connectivity index (χ4n) is 1.78. The molecule has 0 aliphatic heterocycles. The summed E-state index contributed by atoms with van der Waals surface area (Å²) in [5.41, 5.74) is 3.09. The van der Waals surface area contributed by atoms with Gasteiger partial charge in [-0.2, -0.15) is 0 Å². The Balaban J connectivity index is 2.03. The fraction of sp³-hybridized carbons (Fsp3) is 0.118. The van der Waals surface area contributed by atoms with Crippen LogP contribution in [0.2, 0.25) is 0 Å².